The van der Waals surface area contributed by atoms with Crippen molar-refractivity contribution < 1.29 is 9.53 Å². The van der Waals surface area contributed by atoms with Crippen LogP contribution in [0.25, 0.3) is 0 Å². The van der Waals surface area contributed by atoms with E-state index in [0.717, 1.165) is 12.8 Å². The molecule has 5 nitrogen and oxygen atoms in total. The van der Waals surface area contributed by atoms with E-state index in [1.54, 1.807) is 7.05 Å². The molecule has 2 heterocycles. The predicted octanol–water partition coefficient (Wildman–Crippen LogP) is 0.939. The first-order chi connectivity index (χ1) is 6.70. The quantitative estimate of drug-likeness (QED) is 0.742. The second-order valence-corrected chi connectivity index (χ2v) is 3.97. The van der Waals surface area contributed by atoms with E-state index in [4.69, 9.17) is 4.74 Å². The van der Waals surface area contributed by atoms with Crippen LogP contribution in [0.5, 0.6) is 0 Å². The first-order valence-corrected chi connectivity index (χ1v) is 5.20. The van der Waals surface area contributed by atoms with Gasteiger partial charge < -0.3 is 4.74 Å². The molecule has 6 heteroatoms. The Kier molecular flexibility index (Phi) is 2.64. The van der Waals surface area contributed by atoms with Gasteiger partial charge in [-0.15, -0.1) is 5.10 Å². The van der Waals surface area contributed by atoms with Crippen molar-refractivity contribution in [1.82, 2.24) is 15.0 Å². The third-order valence-electron chi connectivity index (χ3n) is 2.24. The van der Waals surface area contributed by atoms with Crippen molar-refractivity contribution in [1.29, 1.82) is 0 Å². The van der Waals surface area contributed by atoms with Gasteiger partial charge in [-0.3, -0.25) is 4.79 Å². The molecule has 0 radical (unpaired) electrons. The second-order valence-electron chi connectivity index (χ2n) is 3.22. The minimum Gasteiger partial charge on any atom is -0.370 e. The van der Waals surface area contributed by atoms with E-state index in [2.05, 4.69) is 26.2 Å². The van der Waals surface area contributed by atoms with Crippen molar-refractivity contribution in [3.05, 3.63) is 10.3 Å². The largest absolute Gasteiger partial charge is 0.370 e. The van der Waals surface area contributed by atoms with E-state index in [9.17, 15) is 4.79 Å². The van der Waals surface area contributed by atoms with Crippen LogP contribution in [0.1, 0.15) is 23.3 Å². The van der Waals surface area contributed by atoms with Crippen LogP contribution in [0.15, 0.2) is 4.60 Å². The van der Waals surface area contributed by atoms with E-state index in [-0.39, 0.29) is 11.9 Å². The molecule has 1 unspecified atom stereocenters. The maximum absolute atomic E-state index is 11.9. The standard InChI is InChI=1S/C8H10BrN3O2/c1-12-6(8(9)10-11-12)7(13)5-3-2-4-14-5/h5H,2-4H2,1H3. The van der Waals surface area contributed by atoms with Gasteiger partial charge in [0.05, 0.1) is 0 Å². The third-order valence-corrected chi connectivity index (χ3v) is 2.78. The Morgan fingerprint density at radius 1 is 1.71 bits per heavy atom. The molecule has 0 saturated carbocycles. The van der Waals surface area contributed by atoms with E-state index < -0.39 is 0 Å². The number of hydrogen-bond acceptors (Lipinski definition) is 4. The molecule has 1 aliphatic heterocycles. The third kappa shape index (κ3) is 1.59. The average molecular weight is 260 g/mol. The number of rotatable bonds is 2. The zero-order valence-corrected chi connectivity index (χ0v) is 9.32. The van der Waals surface area contributed by atoms with Gasteiger partial charge in [0.25, 0.3) is 0 Å². The minimum absolute atomic E-state index is 0.0399. The number of carbonyl (C=O) groups is 1. The molecule has 1 aromatic heterocycles. The van der Waals surface area contributed by atoms with Gasteiger partial charge in [-0.1, -0.05) is 5.21 Å². The van der Waals surface area contributed by atoms with Crippen molar-refractivity contribution >= 4 is 21.7 Å². The number of halogens is 1. The molecule has 0 aliphatic carbocycles. The van der Waals surface area contributed by atoms with Crippen LogP contribution in [0, 0.1) is 0 Å². The maximum atomic E-state index is 11.9. The topological polar surface area (TPSA) is 57.0 Å². The fourth-order valence-electron chi connectivity index (χ4n) is 1.53. The summed E-state index contributed by atoms with van der Waals surface area (Å²) < 4.78 is 7.26. The lowest BCUT2D eigenvalue weighted by molar-refractivity contribution is 0.0632. The molecule has 1 saturated heterocycles. The van der Waals surface area contributed by atoms with Crippen LogP contribution < -0.4 is 0 Å². The Hall–Kier alpha value is -0.750. The zero-order chi connectivity index (χ0) is 10.1. The van der Waals surface area contributed by atoms with Crippen molar-refractivity contribution in [3.63, 3.8) is 0 Å². The van der Waals surface area contributed by atoms with E-state index >= 15 is 0 Å². The summed E-state index contributed by atoms with van der Waals surface area (Å²) in [5, 5.41) is 7.51. The van der Waals surface area contributed by atoms with Crippen molar-refractivity contribution in [2.75, 3.05) is 6.61 Å². The number of aromatic nitrogens is 3. The molecule has 0 bridgehead atoms. The molecule has 0 spiro atoms. The van der Waals surface area contributed by atoms with Gasteiger partial charge >= 0.3 is 0 Å². The van der Waals surface area contributed by atoms with Gasteiger partial charge in [0.15, 0.2) is 4.60 Å². The van der Waals surface area contributed by atoms with E-state index in [1.165, 1.54) is 4.68 Å². The van der Waals surface area contributed by atoms with Crippen molar-refractivity contribution in [2.45, 2.75) is 18.9 Å². The number of aryl methyl sites for hydroxylation is 1. The lowest BCUT2D eigenvalue weighted by atomic mass is 10.1. The Labute approximate surface area is 89.6 Å². The van der Waals surface area contributed by atoms with Gasteiger partial charge in [-0.2, -0.15) is 0 Å². The first-order valence-electron chi connectivity index (χ1n) is 4.41. The fourth-order valence-corrected chi connectivity index (χ4v) is 2.05. The molecule has 1 aromatic rings. The molecule has 1 atom stereocenters. The number of nitrogens with zero attached hydrogens (tertiary/aromatic N) is 3. The highest BCUT2D eigenvalue weighted by molar-refractivity contribution is 9.10. The maximum Gasteiger partial charge on any atom is 0.212 e. The van der Waals surface area contributed by atoms with Gasteiger partial charge in [0.2, 0.25) is 5.78 Å². The number of carbonyl (C=O) groups excluding carboxylic acids is 1. The molecule has 1 fully saturated rings. The van der Waals surface area contributed by atoms with Crippen LogP contribution in [-0.2, 0) is 11.8 Å². The molecule has 76 valence electrons. The Balaban J connectivity index is 2.25. The normalized spacial score (nSPS) is 21.4. The lowest BCUT2D eigenvalue weighted by Gasteiger charge is -2.07. The molecule has 14 heavy (non-hydrogen) atoms. The lowest BCUT2D eigenvalue weighted by Crippen LogP contribution is -2.22. The molecule has 1 aliphatic rings. The summed E-state index contributed by atoms with van der Waals surface area (Å²) in [4.78, 5) is 11.9. The van der Waals surface area contributed by atoms with Crippen LogP contribution in [0.2, 0.25) is 0 Å². The van der Waals surface area contributed by atoms with Gasteiger partial charge in [0.1, 0.15) is 11.8 Å². The zero-order valence-electron chi connectivity index (χ0n) is 7.73. The number of ketones is 1. The first kappa shape index (κ1) is 9.79. The van der Waals surface area contributed by atoms with Gasteiger partial charge in [-0.05, 0) is 28.8 Å². The SMILES string of the molecule is Cn1nnc(Br)c1C(=O)C1CCCO1. The highest BCUT2D eigenvalue weighted by Crippen LogP contribution is 2.20. The predicted molar refractivity (Wildman–Crippen MR) is 52.0 cm³/mol. The Bertz CT molecular complexity index is 338. The number of Topliss-reactive ketones (excluding diaryl/α,β-unsaturated/α-hetero) is 1. The molecular weight excluding hydrogens is 250 g/mol. The molecule has 0 amide bonds. The Morgan fingerprint density at radius 3 is 3.00 bits per heavy atom. The minimum atomic E-state index is -0.316. The summed E-state index contributed by atoms with van der Waals surface area (Å²) >= 11 is 3.19. The average Bonchev–Trinajstić information content (AvgIpc) is 2.75. The summed E-state index contributed by atoms with van der Waals surface area (Å²) in [5.74, 6) is -0.0399. The van der Waals surface area contributed by atoms with Crippen molar-refractivity contribution in [2.24, 2.45) is 7.05 Å². The van der Waals surface area contributed by atoms with Crippen LogP contribution in [-0.4, -0.2) is 33.5 Å². The smallest absolute Gasteiger partial charge is 0.212 e. The van der Waals surface area contributed by atoms with Crippen LogP contribution >= 0.6 is 15.9 Å². The molecular formula is C8H10BrN3O2. The number of ether oxygens (including phenoxy) is 1. The Morgan fingerprint density at radius 2 is 2.50 bits per heavy atom. The number of hydrogen-bond donors (Lipinski definition) is 0. The highest BCUT2D eigenvalue weighted by Gasteiger charge is 2.29. The van der Waals surface area contributed by atoms with E-state index in [1.807, 2.05) is 0 Å². The monoisotopic (exact) mass is 259 g/mol. The summed E-state index contributed by atoms with van der Waals surface area (Å²) in [6.45, 7) is 0.666. The van der Waals surface area contributed by atoms with Crippen LogP contribution in [0.4, 0.5) is 0 Å². The molecule has 0 aromatic carbocycles. The second kappa shape index (κ2) is 3.78. The van der Waals surface area contributed by atoms with Gasteiger partial charge in [0, 0.05) is 13.7 Å². The summed E-state index contributed by atoms with van der Waals surface area (Å²) in [5.41, 5.74) is 0.483. The highest BCUT2D eigenvalue weighted by atomic mass is 79.9. The summed E-state index contributed by atoms with van der Waals surface area (Å²) in [6, 6.07) is 0. The summed E-state index contributed by atoms with van der Waals surface area (Å²) in [6.07, 6.45) is 1.42. The summed E-state index contributed by atoms with van der Waals surface area (Å²) in [7, 11) is 1.69. The van der Waals surface area contributed by atoms with Crippen LogP contribution in [0.3, 0.4) is 0 Å². The fraction of sp³-hybridized carbons (Fsp3) is 0.625. The van der Waals surface area contributed by atoms with Crippen molar-refractivity contribution in [3.8, 4) is 0 Å². The molecule has 2 rings (SSSR count). The molecule has 0 N–H and O–H groups in total. The van der Waals surface area contributed by atoms with Gasteiger partial charge in [-0.25, -0.2) is 4.68 Å². The van der Waals surface area contributed by atoms with E-state index in [0.29, 0.717) is 16.9 Å².